The molecule has 1 atom stereocenters. The Morgan fingerprint density at radius 2 is 2.03 bits per heavy atom. The van der Waals surface area contributed by atoms with E-state index in [0.717, 1.165) is 29.9 Å². The predicted octanol–water partition coefficient (Wildman–Crippen LogP) is 3.82. The molecule has 1 aliphatic carbocycles. The number of fused-ring (bicyclic) bond motifs is 1. The Hall–Kier alpha value is -1.84. The third-order valence-electron chi connectivity index (χ3n) is 5.90. The van der Waals surface area contributed by atoms with Gasteiger partial charge in [0.2, 0.25) is 10.0 Å². The van der Waals surface area contributed by atoms with E-state index in [1.807, 2.05) is 13.0 Å². The number of hydrogen-bond acceptors (Lipinski definition) is 5. The number of carbonyl (C=O) groups is 1. The molecule has 2 amide bonds. The molecule has 1 fully saturated rings. The van der Waals surface area contributed by atoms with Gasteiger partial charge in [-0.3, -0.25) is 0 Å². The molecule has 1 aliphatic heterocycles. The van der Waals surface area contributed by atoms with Crippen LogP contribution in [0.4, 0.5) is 4.79 Å². The molecule has 4 rings (SSSR count). The first kappa shape index (κ1) is 21.4. The number of urea groups is 1. The van der Waals surface area contributed by atoms with Crippen molar-refractivity contribution in [3.63, 3.8) is 0 Å². The van der Waals surface area contributed by atoms with Crippen molar-refractivity contribution in [2.24, 2.45) is 5.41 Å². The van der Waals surface area contributed by atoms with Crippen molar-refractivity contribution >= 4 is 27.4 Å². The van der Waals surface area contributed by atoms with Gasteiger partial charge in [0.15, 0.2) is 0 Å². The number of hydrogen-bond donors (Lipinski definition) is 2. The van der Waals surface area contributed by atoms with Crippen molar-refractivity contribution in [3.8, 4) is 0 Å². The number of piperidine rings is 1. The normalized spacial score (nSPS) is 22.0. The molecule has 30 heavy (non-hydrogen) atoms. The second-order valence-electron chi connectivity index (χ2n) is 9.10. The zero-order valence-corrected chi connectivity index (χ0v) is 19.2. The summed E-state index contributed by atoms with van der Waals surface area (Å²) in [6, 6.07) is 5.04. The van der Waals surface area contributed by atoms with Crippen LogP contribution in [-0.2, 0) is 16.4 Å². The first-order chi connectivity index (χ1) is 14.1. The van der Waals surface area contributed by atoms with E-state index in [9.17, 15) is 13.2 Å². The number of nitrogens with one attached hydrogen (secondary N) is 2. The van der Waals surface area contributed by atoms with E-state index in [1.165, 1.54) is 11.3 Å². The fraction of sp³-hybridized carbons (Fsp3) is 0.571. The Kier molecular flexibility index (Phi) is 5.71. The molecule has 3 heterocycles. The van der Waals surface area contributed by atoms with Crippen molar-refractivity contribution in [1.82, 2.24) is 14.9 Å². The third-order valence-corrected chi connectivity index (χ3v) is 8.82. The zero-order chi connectivity index (χ0) is 21.5. The monoisotopic (exact) mass is 451 g/mol. The van der Waals surface area contributed by atoms with Gasteiger partial charge < -0.3 is 14.6 Å². The summed E-state index contributed by atoms with van der Waals surface area (Å²) in [5, 5.41) is 4.94. The minimum atomic E-state index is -3.48. The first-order valence-electron chi connectivity index (χ1n) is 10.3. The maximum Gasteiger partial charge on any atom is 0.317 e. The van der Waals surface area contributed by atoms with Crippen LogP contribution in [0.5, 0.6) is 0 Å². The Morgan fingerprint density at radius 1 is 1.30 bits per heavy atom. The molecule has 164 valence electrons. The fourth-order valence-electron chi connectivity index (χ4n) is 4.45. The molecule has 0 radical (unpaired) electrons. The highest BCUT2D eigenvalue weighted by atomic mass is 32.2. The second-order valence-corrected chi connectivity index (χ2v) is 12.0. The number of thiophene rings is 1. The van der Waals surface area contributed by atoms with Gasteiger partial charge in [-0.15, -0.1) is 11.3 Å². The first-order valence-corrected chi connectivity index (χ1v) is 12.7. The fourth-order valence-corrected chi connectivity index (χ4v) is 6.76. The smallest absolute Gasteiger partial charge is 0.317 e. The van der Waals surface area contributed by atoms with Crippen LogP contribution in [0.1, 0.15) is 56.2 Å². The number of amides is 2. The maximum absolute atomic E-state index is 12.9. The van der Waals surface area contributed by atoms with Crippen LogP contribution in [-0.4, -0.2) is 38.5 Å². The topological polar surface area (TPSA) is 91.7 Å². The minimum Gasteiger partial charge on any atom is -0.466 e. The van der Waals surface area contributed by atoms with E-state index in [2.05, 4.69) is 23.9 Å². The molecule has 2 aromatic rings. The summed E-state index contributed by atoms with van der Waals surface area (Å²) < 4.78 is 33.8. The van der Waals surface area contributed by atoms with E-state index >= 15 is 0 Å². The largest absolute Gasteiger partial charge is 0.466 e. The van der Waals surface area contributed by atoms with Crippen LogP contribution in [0.15, 0.2) is 32.2 Å². The van der Waals surface area contributed by atoms with E-state index in [4.69, 9.17) is 4.42 Å². The number of likely N-dealkylation sites (tertiary alicyclic amines) is 1. The van der Waals surface area contributed by atoms with E-state index in [-0.39, 0.29) is 23.5 Å². The van der Waals surface area contributed by atoms with Crippen molar-refractivity contribution in [2.45, 2.75) is 62.7 Å². The Balaban J connectivity index is 1.35. The number of aryl methyl sites for hydroxylation is 1. The molecule has 7 nitrogen and oxygen atoms in total. The van der Waals surface area contributed by atoms with Gasteiger partial charge >= 0.3 is 6.03 Å². The Morgan fingerprint density at radius 3 is 2.70 bits per heavy atom. The molecule has 2 aliphatic rings. The van der Waals surface area contributed by atoms with E-state index in [0.29, 0.717) is 30.1 Å². The van der Waals surface area contributed by atoms with E-state index in [1.54, 1.807) is 22.4 Å². The van der Waals surface area contributed by atoms with Crippen LogP contribution in [0.3, 0.4) is 0 Å². The van der Waals surface area contributed by atoms with Gasteiger partial charge in [-0.1, -0.05) is 19.9 Å². The molecule has 1 unspecified atom stereocenters. The molecular formula is C21H29N3O4S2. The summed E-state index contributed by atoms with van der Waals surface area (Å²) in [7, 11) is -3.48. The maximum atomic E-state index is 12.9. The van der Waals surface area contributed by atoms with Gasteiger partial charge in [-0.05, 0) is 49.1 Å². The third kappa shape index (κ3) is 4.58. The van der Waals surface area contributed by atoms with Crippen molar-refractivity contribution in [1.29, 1.82) is 0 Å². The van der Waals surface area contributed by atoms with Crippen LogP contribution < -0.4 is 10.0 Å². The lowest BCUT2D eigenvalue weighted by Crippen LogP contribution is -2.50. The predicted molar refractivity (Wildman–Crippen MR) is 116 cm³/mol. The average Bonchev–Trinajstić information content (AvgIpc) is 3.31. The SMILES string of the molecule is Cc1cc2c(o1)CC(C)(C)CC2NC(=O)N1CCC(NS(=O)(=O)c2cccs2)CC1. The number of rotatable bonds is 4. The Labute approximate surface area is 181 Å². The molecule has 9 heteroatoms. The molecule has 0 spiro atoms. The van der Waals surface area contributed by atoms with Gasteiger partial charge in [0.05, 0.1) is 6.04 Å². The lowest BCUT2D eigenvalue weighted by molar-refractivity contribution is 0.167. The van der Waals surface area contributed by atoms with Crippen LogP contribution in [0, 0.1) is 12.3 Å². The highest BCUT2D eigenvalue weighted by molar-refractivity contribution is 7.91. The summed E-state index contributed by atoms with van der Waals surface area (Å²) in [4.78, 5) is 14.7. The van der Waals surface area contributed by atoms with Gasteiger partial charge in [-0.2, -0.15) is 0 Å². The quantitative estimate of drug-likeness (QED) is 0.739. The summed E-state index contributed by atoms with van der Waals surface area (Å²) in [5.74, 6) is 1.84. The van der Waals surface area contributed by atoms with Crippen LogP contribution in [0.25, 0.3) is 0 Å². The highest BCUT2D eigenvalue weighted by Crippen LogP contribution is 2.42. The highest BCUT2D eigenvalue weighted by Gasteiger charge is 2.36. The molecule has 2 aromatic heterocycles. The van der Waals surface area contributed by atoms with E-state index < -0.39 is 10.0 Å². The molecule has 1 saturated heterocycles. The summed E-state index contributed by atoms with van der Waals surface area (Å²) in [6.45, 7) is 7.37. The van der Waals surface area contributed by atoms with Crippen molar-refractivity contribution in [3.05, 3.63) is 40.7 Å². The molecular weight excluding hydrogens is 422 g/mol. The summed E-state index contributed by atoms with van der Waals surface area (Å²) >= 11 is 1.21. The summed E-state index contributed by atoms with van der Waals surface area (Å²) in [5.41, 5.74) is 1.14. The van der Waals surface area contributed by atoms with Crippen LogP contribution >= 0.6 is 11.3 Å². The Bertz CT molecular complexity index is 1000. The number of furan rings is 1. The van der Waals surface area contributed by atoms with Gasteiger partial charge in [0, 0.05) is 31.1 Å². The minimum absolute atomic E-state index is 0.0578. The number of nitrogens with zero attached hydrogens (tertiary/aromatic N) is 1. The number of carbonyl (C=O) groups excluding carboxylic acids is 1. The zero-order valence-electron chi connectivity index (χ0n) is 17.6. The number of sulfonamides is 1. The molecule has 0 aromatic carbocycles. The van der Waals surface area contributed by atoms with Crippen LogP contribution in [0.2, 0.25) is 0 Å². The lowest BCUT2D eigenvalue weighted by Gasteiger charge is -2.37. The van der Waals surface area contributed by atoms with Gasteiger partial charge in [0.1, 0.15) is 15.7 Å². The molecule has 0 bridgehead atoms. The van der Waals surface area contributed by atoms with Gasteiger partial charge in [-0.25, -0.2) is 17.9 Å². The second kappa shape index (κ2) is 8.01. The molecule has 2 N–H and O–H groups in total. The standard InChI is InChI=1S/C21H29N3O4S2/c1-14-11-16-17(12-21(2,3)13-18(16)28-14)22-20(25)24-8-6-15(7-9-24)23-30(26,27)19-5-4-10-29-19/h4-5,10-11,15,17,23H,6-9,12-13H2,1-3H3,(H,22,25). The van der Waals surface area contributed by atoms with Gasteiger partial charge in [0.25, 0.3) is 0 Å². The van der Waals surface area contributed by atoms with Crippen molar-refractivity contribution < 1.29 is 17.6 Å². The lowest BCUT2D eigenvalue weighted by atomic mass is 9.75. The summed E-state index contributed by atoms with van der Waals surface area (Å²) in [6.07, 6.45) is 2.94. The van der Waals surface area contributed by atoms with Crippen molar-refractivity contribution in [2.75, 3.05) is 13.1 Å². The molecule has 0 saturated carbocycles. The average molecular weight is 452 g/mol.